The Bertz CT molecular complexity index is 75.5. The third-order valence-corrected chi connectivity index (χ3v) is 0. The number of hydrogen-bond donors (Lipinski definition) is 0. The maximum absolute atomic E-state index is 0. The summed E-state index contributed by atoms with van der Waals surface area (Å²) in [6.07, 6.45) is 0. The molecule has 0 fully saturated rings. The average Bonchev–Trinajstić information content (AvgIpc) is 0. The van der Waals surface area contributed by atoms with Gasteiger partial charge in [0.2, 0.25) is 0 Å². The van der Waals surface area contributed by atoms with E-state index >= 15 is 0 Å². The molecule has 0 saturated carbocycles. The molecule has 0 aromatic carbocycles. The first-order chi connectivity index (χ1) is 0. The van der Waals surface area contributed by atoms with E-state index in [0.717, 1.165) is 0 Å². The molecular formula is Bi2O47Si22. The van der Waals surface area contributed by atoms with Crippen molar-refractivity contribution in [1.82, 2.24) is 0 Å². The van der Waals surface area contributed by atoms with E-state index < -0.39 is 0 Å². The summed E-state index contributed by atoms with van der Waals surface area (Å²) in [7, 11) is 0. The van der Waals surface area contributed by atoms with Crippen molar-refractivity contribution in [3.63, 3.8) is 0 Å². The van der Waals surface area contributed by atoms with Crippen LogP contribution >= 0.6 is 0 Å². The van der Waals surface area contributed by atoms with Gasteiger partial charge in [0.25, 0.3) is 0 Å². The van der Waals surface area contributed by atoms with Gasteiger partial charge in [0.05, 0.1) is 0 Å². The van der Waals surface area contributed by atoms with Gasteiger partial charge in [-0.05, 0) is 0 Å². The minimum atomic E-state index is 0. The number of rotatable bonds is 0. The maximum atomic E-state index is 0. The van der Waals surface area contributed by atoms with Gasteiger partial charge >= 0.3 is 294 Å². The van der Waals surface area contributed by atoms with Crippen molar-refractivity contribution >= 4 is 294 Å². The molecule has 0 N–H and O–H groups in total. The van der Waals surface area contributed by atoms with Gasteiger partial charge in [-0.15, -0.1) is 0 Å². The van der Waals surface area contributed by atoms with E-state index in [1.165, 1.54) is 0 Å². The molecule has 0 aromatic heterocycles. The summed E-state index contributed by atoms with van der Waals surface area (Å²) in [5, 5.41) is 0. The van der Waals surface area contributed by atoms with Crippen LogP contribution in [0.15, 0.2) is 0 Å². The first-order valence-corrected chi connectivity index (χ1v) is 0. The summed E-state index contributed by atoms with van der Waals surface area (Å²) in [5.41, 5.74) is 0. The minimum Gasteiger partial charge on any atom is -2.00 e. The predicted molar refractivity (Wildman–Crippen MR) is 170 cm³/mol. The Labute approximate surface area is 546 Å². The first kappa shape index (κ1) is 19400. The van der Waals surface area contributed by atoms with Crippen molar-refractivity contribution in [2.24, 2.45) is 0 Å². The SMILES string of the molecule is [Bi+3].[Bi+3].[O-2].[O-2].[O-2].[O-2].[O-2].[O-2].[O-2].[O-2].[O-2].[O-2].[O-2].[O-2].[O-2].[O-2].[O-2].[O-2].[O-2].[O-2].[O-2].[O-2].[O-2].[O-2].[O-2].[O-2].[O-2].[O-2].[O-2].[O-2].[O-2].[O-2].[O-2].[O-2].[O-2].[O-2].[O-2].[O-2].[O-2].[O-2].[O-2].[O-2].[O-2].[O-2].[O-2].[O-2].[O-2].[O-2].[O-2].[Si+4].[Si+4].[Si+4].[Si+4].[Si+4].[Si+4].[Si+4].[Si+4].[Si+4].[Si+4].[Si+4].[Si+4].[Si+4].[Si+4].[Si+4].[Si+4].[Si+4].[Si+4].[Si+4].[Si+4].[Si+4].[Si+4]. The zero-order chi connectivity index (χ0) is 0. The summed E-state index contributed by atoms with van der Waals surface area (Å²) >= 11 is 0. The van der Waals surface area contributed by atoms with Crippen LogP contribution in [-0.4, -0.2) is 294 Å². The van der Waals surface area contributed by atoms with Gasteiger partial charge in [-0.3, -0.25) is 0 Å². The van der Waals surface area contributed by atoms with Crippen LogP contribution in [0, 0.1) is 0 Å². The molecule has 0 aliphatic carbocycles. The fourth-order valence-corrected chi connectivity index (χ4v) is 0. The van der Waals surface area contributed by atoms with Gasteiger partial charge in [0, 0.05) is 0 Å². The molecule has 0 bridgehead atoms. The summed E-state index contributed by atoms with van der Waals surface area (Å²) in [5.74, 6) is 0. The molecule has 0 heterocycles. The Morgan fingerprint density at radius 3 is 0.0423 bits per heavy atom. The van der Waals surface area contributed by atoms with Crippen molar-refractivity contribution in [2.75, 3.05) is 0 Å². The van der Waals surface area contributed by atoms with Gasteiger partial charge in [-0.25, -0.2) is 0 Å². The molecule has 0 saturated heterocycles. The second kappa shape index (κ2) is 18700. The van der Waals surface area contributed by atoms with Gasteiger partial charge in [-0.2, -0.15) is 0 Å². The summed E-state index contributed by atoms with van der Waals surface area (Å²) in [6, 6.07) is 0. The van der Waals surface area contributed by atoms with E-state index in [-0.39, 0.29) is 551 Å². The Hall–Kier alpha value is 4.66. The summed E-state index contributed by atoms with van der Waals surface area (Å²) < 4.78 is 0. The fourth-order valence-electron chi connectivity index (χ4n) is 0. The quantitative estimate of drug-likeness (QED) is 0.204. The van der Waals surface area contributed by atoms with Gasteiger partial charge in [0.15, 0.2) is 0 Å². The standard InChI is InChI=1S/2Bi.47O.22Si/q2*+3;47*-2;22*+4. The largest absolute Gasteiger partial charge is 4.00 e. The molecule has 4 radical (unpaired) electrons. The van der Waals surface area contributed by atoms with Crippen LogP contribution in [0.4, 0.5) is 0 Å². The molecular weight excluding hydrogens is 1790 g/mol. The van der Waals surface area contributed by atoms with E-state index in [9.17, 15) is 0 Å². The van der Waals surface area contributed by atoms with Crippen molar-refractivity contribution in [1.29, 1.82) is 0 Å². The third kappa shape index (κ3) is 18200. The Morgan fingerprint density at radius 2 is 0.0423 bits per heavy atom. The topological polar surface area (TPSA) is 1340 Å². The van der Waals surface area contributed by atoms with Crippen LogP contribution in [0.5, 0.6) is 0 Å². The van der Waals surface area contributed by atoms with Crippen molar-refractivity contribution in [3.05, 3.63) is 0 Å². The van der Waals surface area contributed by atoms with E-state index in [1.54, 1.807) is 0 Å². The smallest absolute Gasteiger partial charge is 2.00 e. The molecule has 71 heavy (non-hydrogen) atoms. The summed E-state index contributed by atoms with van der Waals surface area (Å²) in [4.78, 5) is 0. The maximum Gasteiger partial charge on any atom is 4.00 e. The minimum absolute atomic E-state index is 0. The molecule has 0 spiro atoms. The van der Waals surface area contributed by atoms with Crippen molar-refractivity contribution in [3.8, 4) is 0 Å². The predicted octanol–water partition coefficient (Wildman–Crippen LogP) is -14.7. The monoisotopic (exact) mass is 1790 g/mol. The molecule has 71 heteroatoms. The molecule has 0 amide bonds. The van der Waals surface area contributed by atoms with Crippen LogP contribution in [0.3, 0.4) is 0 Å². The van der Waals surface area contributed by atoms with Crippen LogP contribution in [0.2, 0.25) is 0 Å². The van der Waals surface area contributed by atoms with Crippen molar-refractivity contribution < 1.29 is 257 Å². The van der Waals surface area contributed by atoms with Crippen LogP contribution in [0.25, 0.3) is 0 Å². The second-order valence-electron chi connectivity index (χ2n) is 0. The van der Waals surface area contributed by atoms with Crippen LogP contribution in [-0.2, 0) is 257 Å². The summed E-state index contributed by atoms with van der Waals surface area (Å²) in [6.45, 7) is 0. The Morgan fingerprint density at radius 1 is 0.0423 bits per heavy atom. The molecule has 0 unspecified atom stereocenters. The van der Waals surface area contributed by atoms with Gasteiger partial charge in [-0.1, -0.05) is 0 Å². The van der Waals surface area contributed by atoms with Gasteiger partial charge < -0.3 is 257 Å². The molecule has 47 nitrogen and oxygen atoms in total. The normalized spacial score (nSPS) is 0. The fraction of sp³-hybridized carbons (Fsp3) is 0. The molecule has 0 aliphatic rings. The zero-order valence-corrected chi connectivity index (χ0v) is 60.0. The average molecular weight is 1790 g/mol. The third-order valence-electron chi connectivity index (χ3n) is 0. The first-order valence-electron chi connectivity index (χ1n) is 0. The molecule has 0 aliphatic heterocycles. The second-order valence-corrected chi connectivity index (χ2v) is 0. The van der Waals surface area contributed by atoms with E-state index in [0.29, 0.717) is 0 Å². The van der Waals surface area contributed by atoms with E-state index in [2.05, 4.69) is 0 Å². The van der Waals surface area contributed by atoms with Crippen LogP contribution < -0.4 is 0 Å². The molecule has 0 aromatic rings. The number of hydrogen-bond acceptors (Lipinski definition) is 0. The molecule has 380 valence electrons. The zero-order valence-electron chi connectivity index (χ0n) is 31.1. The van der Waals surface area contributed by atoms with Gasteiger partial charge in [0.1, 0.15) is 0 Å². The Balaban J connectivity index is 0. The Kier molecular flexibility index (Phi) is 5110000. The molecule has 0 rings (SSSR count). The van der Waals surface area contributed by atoms with E-state index in [4.69, 9.17) is 0 Å². The van der Waals surface area contributed by atoms with Crippen LogP contribution in [0.1, 0.15) is 0 Å². The van der Waals surface area contributed by atoms with Crippen molar-refractivity contribution in [2.45, 2.75) is 0 Å². The van der Waals surface area contributed by atoms with E-state index in [1.807, 2.05) is 0 Å². The molecule has 0 atom stereocenters.